The average Bonchev–Trinajstić information content (AvgIpc) is 3.29. The molecule has 1 saturated heterocycles. The molecule has 1 fully saturated rings. The minimum absolute atomic E-state index is 0.731. The number of fused-ring (bicyclic) bond motifs is 1. The van der Waals surface area contributed by atoms with Crippen LogP contribution in [0.4, 0.5) is 0 Å². The van der Waals surface area contributed by atoms with Crippen LogP contribution in [-0.2, 0) is 0 Å². The summed E-state index contributed by atoms with van der Waals surface area (Å²) in [5.41, 5.74) is 1.08. The number of thiophene rings is 1. The molecule has 36 heavy (non-hydrogen) atoms. The summed E-state index contributed by atoms with van der Waals surface area (Å²) in [6.45, 7) is 4.31. The summed E-state index contributed by atoms with van der Waals surface area (Å²) < 4.78 is 24.4. The molecule has 0 spiro atoms. The molecule has 5 nitrogen and oxygen atoms in total. The van der Waals surface area contributed by atoms with E-state index in [9.17, 15) is 0 Å². The van der Waals surface area contributed by atoms with E-state index >= 15 is 0 Å². The molecule has 0 atom stereocenters. The second-order valence-electron chi connectivity index (χ2n) is 9.03. The van der Waals surface area contributed by atoms with Crippen molar-refractivity contribution in [3.05, 3.63) is 66.7 Å². The van der Waals surface area contributed by atoms with E-state index in [1.165, 1.54) is 32.4 Å². The molecule has 2 heterocycles. The molecule has 0 saturated carbocycles. The summed E-state index contributed by atoms with van der Waals surface area (Å²) in [5, 5.41) is 1.06. The number of piperidine rings is 1. The first-order valence-electron chi connectivity index (χ1n) is 12.6. The van der Waals surface area contributed by atoms with Crippen molar-refractivity contribution in [1.82, 2.24) is 4.90 Å². The van der Waals surface area contributed by atoms with Crippen molar-refractivity contribution in [2.24, 2.45) is 0 Å². The molecule has 0 radical (unpaired) electrons. The Hall–Kier alpha value is -3.22. The molecule has 0 aliphatic carbocycles. The SMILES string of the molecule is COc1ccc(-c2sc3cc(OC)ccc3c2Oc2ccc(OCCCN3CCCCC3)cc2)cc1. The van der Waals surface area contributed by atoms with Crippen molar-refractivity contribution < 1.29 is 18.9 Å². The van der Waals surface area contributed by atoms with Gasteiger partial charge in [0.05, 0.1) is 25.7 Å². The van der Waals surface area contributed by atoms with Crippen molar-refractivity contribution in [2.75, 3.05) is 40.5 Å². The highest BCUT2D eigenvalue weighted by atomic mass is 32.1. The van der Waals surface area contributed by atoms with Crippen molar-refractivity contribution in [3.63, 3.8) is 0 Å². The normalized spacial score (nSPS) is 14.1. The maximum absolute atomic E-state index is 6.48. The van der Waals surface area contributed by atoms with Crippen LogP contribution in [0, 0.1) is 0 Å². The Labute approximate surface area is 217 Å². The lowest BCUT2D eigenvalue weighted by Gasteiger charge is -2.26. The second kappa shape index (κ2) is 11.7. The van der Waals surface area contributed by atoms with E-state index in [1.54, 1.807) is 25.6 Å². The lowest BCUT2D eigenvalue weighted by atomic mass is 10.1. The molecular formula is C30H33NO4S. The molecular weight excluding hydrogens is 470 g/mol. The molecule has 188 valence electrons. The lowest BCUT2D eigenvalue weighted by Crippen LogP contribution is -2.31. The maximum Gasteiger partial charge on any atom is 0.153 e. The molecule has 3 aromatic carbocycles. The summed E-state index contributed by atoms with van der Waals surface area (Å²) in [7, 11) is 3.37. The van der Waals surface area contributed by atoms with E-state index in [2.05, 4.69) is 29.2 Å². The smallest absolute Gasteiger partial charge is 0.153 e. The molecule has 5 rings (SSSR count). The largest absolute Gasteiger partial charge is 0.497 e. The number of rotatable bonds is 10. The highest BCUT2D eigenvalue weighted by molar-refractivity contribution is 7.22. The molecule has 1 aliphatic heterocycles. The van der Waals surface area contributed by atoms with E-state index in [0.717, 1.165) is 68.8 Å². The van der Waals surface area contributed by atoms with E-state index < -0.39 is 0 Å². The highest BCUT2D eigenvalue weighted by Crippen LogP contribution is 2.47. The van der Waals surface area contributed by atoms with Crippen LogP contribution in [0.25, 0.3) is 20.5 Å². The molecule has 6 heteroatoms. The number of hydrogen-bond acceptors (Lipinski definition) is 6. The third kappa shape index (κ3) is 5.77. The van der Waals surface area contributed by atoms with Crippen molar-refractivity contribution in [3.8, 4) is 39.2 Å². The van der Waals surface area contributed by atoms with Gasteiger partial charge >= 0.3 is 0 Å². The monoisotopic (exact) mass is 503 g/mol. The van der Waals surface area contributed by atoms with Crippen LogP contribution in [0.15, 0.2) is 66.7 Å². The fourth-order valence-electron chi connectivity index (χ4n) is 4.60. The van der Waals surface area contributed by atoms with Crippen LogP contribution >= 0.6 is 11.3 Å². The van der Waals surface area contributed by atoms with Gasteiger partial charge in [-0.2, -0.15) is 0 Å². The third-order valence-corrected chi connectivity index (χ3v) is 7.77. The minimum atomic E-state index is 0.731. The predicted molar refractivity (Wildman–Crippen MR) is 147 cm³/mol. The summed E-state index contributed by atoms with van der Waals surface area (Å²) in [6.07, 6.45) is 5.08. The van der Waals surface area contributed by atoms with E-state index in [1.807, 2.05) is 42.5 Å². The Morgan fingerprint density at radius 1 is 0.750 bits per heavy atom. The summed E-state index contributed by atoms with van der Waals surface area (Å²) in [5.74, 6) is 4.16. The van der Waals surface area contributed by atoms with Crippen molar-refractivity contribution >= 4 is 21.4 Å². The van der Waals surface area contributed by atoms with Crippen molar-refractivity contribution in [1.29, 1.82) is 0 Å². The summed E-state index contributed by atoms with van der Waals surface area (Å²) in [4.78, 5) is 3.62. The highest BCUT2D eigenvalue weighted by Gasteiger charge is 2.17. The van der Waals surface area contributed by atoms with Gasteiger partial charge in [0.2, 0.25) is 0 Å². The fourth-order valence-corrected chi connectivity index (χ4v) is 5.76. The summed E-state index contributed by atoms with van der Waals surface area (Å²) in [6, 6.07) is 22.1. The van der Waals surface area contributed by atoms with Gasteiger partial charge in [0.25, 0.3) is 0 Å². The number of ether oxygens (including phenoxy) is 4. The Bertz CT molecular complexity index is 1260. The zero-order valence-electron chi connectivity index (χ0n) is 21.0. The van der Waals surface area contributed by atoms with E-state index in [4.69, 9.17) is 18.9 Å². The number of nitrogens with zero attached hydrogens (tertiary/aromatic N) is 1. The van der Waals surface area contributed by atoms with Gasteiger partial charge in [0.1, 0.15) is 23.0 Å². The molecule has 0 unspecified atom stereocenters. The van der Waals surface area contributed by atoms with Crippen molar-refractivity contribution in [2.45, 2.75) is 25.7 Å². The minimum Gasteiger partial charge on any atom is -0.497 e. The van der Waals surface area contributed by atoms with Gasteiger partial charge in [0.15, 0.2) is 5.75 Å². The van der Waals surface area contributed by atoms with Crippen LogP contribution in [0.3, 0.4) is 0 Å². The third-order valence-electron chi connectivity index (χ3n) is 6.58. The first-order valence-corrected chi connectivity index (χ1v) is 13.4. The van der Waals surface area contributed by atoms with Crippen LogP contribution in [0.2, 0.25) is 0 Å². The van der Waals surface area contributed by atoms with Gasteiger partial charge in [-0.05, 0) is 105 Å². The molecule has 4 aromatic rings. The van der Waals surface area contributed by atoms with Crippen LogP contribution in [-0.4, -0.2) is 45.4 Å². The fraction of sp³-hybridized carbons (Fsp3) is 0.333. The molecule has 0 bridgehead atoms. The maximum atomic E-state index is 6.48. The first kappa shape index (κ1) is 24.5. The molecule has 0 amide bonds. The van der Waals surface area contributed by atoms with Crippen LogP contribution < -0.4 is 18.9 Å². The molecule has 1 aromatic heterocycles. The van der Waals surface area contributed by atoms with Gasteiger partial charge < -0.3 is 23.8 Å². The van der Waals surface area contributed by atoms with Crippen LogP contribution in [0.1, 0.15) is 25.7 Å². The van der Waals surface area contributed by atoms with Gasteiger partial charge in [-0.15, -0.1) is 11.3 Å². The second-order valence-corrected chi connectivity index (χ2v) is 10.1. The molecule has 1 aliphatic rings. The first-order chi connectivity index (χ1) is 17.7. The van der Waals surface area contributed by atoms with Gasteiger partial charge in [-0.1, -0.05) is 6.42 Å². The topological polar surface area (TPSA) is 40.2 Å². The Balaban J connectivity index is 1.30. The standard InChI is InChI=1S/C30H33NO4S/c1-32-23-9-7-22(8-10-23)30-29(27-16-15-26(33-2)21-28(27)36-30)35-25-13-11-24(12-14-25)34-20-6-19-31-17-4-3-5-18-31/h7-16,21H,3-6,17-20H2,1-2H3. The van der Waals surface area contributed by atoms with Gasteiger partial charge in [-0.3, -0.25) is 0 Å². The predicted octanol–water partition coefficient (Wildman–Crippen LogP) is 7.63. The van der Waals surface area contributed by atoms with Gasteiger partial charge in [0, 0.05) is 16.6 Å². The molecule has 0 N–H and O–H groups in total. The van der Waals surface area contributed by atoms with Gasteiger partial charge in [-0.25, -0.2) is 0 Å². The Morgan fingerprint density at radius 3 is 2.14 bits per heavy atom. The van der Waals surface area contributed by atoms with Crippen LogP contribution in [0.5, 0.6) is 28.7 Å². The Morgan fingerprint density at radius 2 is 1.42 bits per heavy atom. The number of hydrogen-bond donors (Lipinski definition) is 0. The Kier molecular flexibility index (Phi) is 7.94. The average molecular weight is 504 g/mol. The van der Waals surface area contributed by atoms with E-state index in [-0.39, 0.29) is 0 Å². The zero-order chi connectivity index (χ0) is 24.7. The quantitative estimate of drug-likeness (QED) is 0.208. The lowest BCUT2D eigenvalue weighted by molar-refractivity contribution is 0.205. The number of benzene rings is 3. The number of methoxy groups -OCH3 is 2. The zero-order valence-corrected chi connectivity index (χ0v) is 21.8. The number of likely N-dealkylation sites (tertiary alicyclic amines) is 1. The van der Waals surface area contributed by atoms with E-state index in [0.29, 0.717) is 0 Å². The summed E-state index contributed by atoms with van der Waals surface area (Å²) >= 11 is 1.69.